The molecule has 0 spiro atoms. The molecule has 0 saturated heterocycles. The molecule has 0 aromatic rings. The van der Waals surface area contributed by atoms with Crippen molar-refractivity contribution in [3.05, 3.63) is 12.7 Å². The molecule has 0 aliphatic rings. The Morgan fingerprint density at radius 2 is 1.29 bits per heavy atom. The van der Waals surface area contributed by atoms with Gasteiger partial charge in [0.15, 0.2) is 24.7 Å². The molecule has 12 heteroatoms. The number of nitrogens with two attached hydrogens (primary N) is 1. The molecule has 0 rings (SSSR count). The quantitative estimate of drug-likeness (QED) is 0.418. The van der Waals surface area contributed by atoms with Gasteiger partial charge in [0.1, 0.15) is 0 Å². The van der Waals surface area contributed by atoms with E-state index >= 15 is 0 Å². The van der Waals surface area contributed by atoms with Gasteiger partial charge in [0, 0.05) is 6.54 Å². The fourth-order valence-electron chi connectivity index (χ4n) is 0.799. The second kappa shape index (κ2) is 9.95. The zero-order chi connectivity index (χ0) is 17.4. The first-order chi connectivity index (χ1) is 9.41. The van der Waals surface area contributed by atoms with E-state index in [1.165, 1.54) is 0 Å². The summed E-state index contributed by atoms with van der Waals surface area (Å²) in [6.07, 6.45) is -17.4. The van der Waals surface area contributed by atoms with Gasteiger partial charge in [-0.25, -0.2) is 30.7 Å². The number of hydrogen-bond acceptors (Lipinski definition) is 3. The fraction of sp³-hybridized carbons (Fsp3) is 0.778. The van der Waals surface area contributed by atoms with E-state index in [0.29, 0.717) is 6.54 Å². The van der Waals surface area contributed by atoms with Crippen LogP contribution in [0.15, 0.2) is 12.7 Å². The molecule has 3 N–H and O–H groups in total. The Balaban J connectivity index is 0. The van der Waals surface area contributed by atoms with Gasteiger partial charge >= 0.3 is 10.1 Å². The minimum absolute atomic E-state index is 0.583. The Labute approximate surface area is 116 Å². The zero-order valence-corrected chi connectivity index (χ0v) is 11.2. The molecule has 4 nitrogen and oxygen atoms in total. The average Bonchev–Trinajstić information content (AvgIpc) is 2.42. The molecule has 21 heavy (non-hydrogen) atoms. The summed E-state index contributed by atoms with van der Waals surface area (Å²) in [4.78, 5) is 0. The normalized spacial score (nSPS) is 19.0. The molecular formula is C9H14F7NO3S. The molecule has 5 atom stereocenters. The van der Waals surface area contributed by atoms with Crippen molar-refractivity contribution >= 4 is 10.1 Å². The summed E-state index contributed by atoms with van der Waals surface area (Å²) >= 11 is 0. The first kappa shape index (κ1) is 22.4. The maximum absolute atomic E-state index is 12.6. The van der Waals surface area contributed by atoms with Crippen LogP contribution in [-0.4, -0.2) is 56.1 Å². The minimum Gasteiger partial charge on any atom is -0.327 e. The van der Waals surface area contributed by atoms with E-state index in [9.17, 15) is 39.2 Å². The van der Waals surface area contributed by atoms with Crippen LogP contribution >= 0.6 is 0 Å². The third-order valence-corrected chi connectivity index (χ3v) is 2.68. The van der Waals surface area contributed by atoms with E-state index in [-0.39, 0.29) is 0 Å². The predicted molar refractivity (Wildman–Crippen MR) is 61.3 cm³/mol. The molecule has 128 valence electrons. The van der Waals surface area contributed by atoms with E-state index in [2.05, 4.69) is 6.58 Å². The molecule has 0 aromatic heterocycles. The summed E-state index contributed by atoms with van der Waals surface area (Å²) in [6, 6.07) is 0. The molecule has 0 aliphatic carbocycles. The lowest BCUT2D eigenvalue weighted by Gasteiger charge is -2.20. The highest BCUT2D eigenvalue weighted by molar-refractivity contribution is 7.86. The lowest BCUT2D eigenvalue weighted by molar-refractivity contribution is -0.0454. The summed E-state index contributed by atoms with van der Waals surface area (Å²) < 4.78 is 114. The van der Waals surface area contributed by atoms with Crippen LogP contribution in [0, 0.1) is 0 Å². The molecule has 0 amide bonds. The summed E-state index contributed by atoms with van der Waals surface area (Å²) in [6.45, 7) is 3.94. The van der Waals surface area contributed by atoms with Gasteiger partial charge < -0.3 is 5.73 Å². The van der Waals surface area contributed by atoms with Crippen molar-refractivity contribution in [1.29, 1.82) is 0 Å². The van der Waals surface area contributed by atoms with Gasteiger partial charge in [-0.05, 0) is 0 Å². The van der Waals surface area contributed by atoms with Crippen LogP contribution < -0.4 is 5.73 Å². The predicted octanol–water partition coefficient (Wildman–Crippen LogP) is 1.92. The highest BCUT2D eigenvalue weighted by atomic mass is 32.2. The summed E-state index contributed by atoms with van der Waals surface area (Å²) in [5.74, 6) is 0. The fourth-order valence-corrected chi connectivity index (χ4v) is 1.28. The van der Waals surface area contributed by atoms with Gasteiger partial charge in [0.25, 0.3) is 11.9 Å². The van der Waals surface area contributed by atoms with Crippen molar-refractivity contribution < 1.29 is 43.7 Å². The van der Waals surface area contributed by atoms with Crippen molar-refractivity contribution in [1.82, 2.24) is 0 Å². The zero-order valence-electron chi connectivity index (χ0n) is 10.4. The van der Waals surface area contributed by atoms with Gasteiger partial charge in [0.2, 0.25) is 0 Å². The average molecular weight is 349 g/mol. The maximum atomic E-state index is 12.6. The van der Waals surface area contributed by atoms with Crippen molar-refractivity contribution in [3.8, 4) is 0 Å². The molecule has 0 saturated carbocycles. The molecular weight excluding hydrogens is 335 g/mol. The maximum Gasteiger partial charge on any atom is 0.300 e. The molecule has 0 heterocycles. The Kier molecular flexibility index (Phi) is 10.6. The molecule has 5 unspecified atom stereocenters. The molecule has 0 bridgehead atoms. The Bertz CT molecular complexity index is 395. The Hall–Kier alpha value is -0.880. The number of halogens is 7. The highest BCUT2D eigenvalue weighted by Gasteiger charge is 2.47. The van der Waals surface area contributed by atoms with Gasteiger partial charge in [-0.1, -0.05) is 6.08 Å². The molecule has 0 aliphatic heterocycles. The van der Waals surface area contributed by atoms with Crippen LogP contribution in [0.2, 0.25) is 0 Å². The largest absolute Gasteiger partial charge is 0.327 e. The summed E-state index contributed by atoms with van der Waals surface area (Å²) in [7, 11) is -5.68. The SMILES string of the molecule is C=CCN.O=S(=O)(O)C(F)C(F)C(F)C(F)C(F)C(F)F. The number of alkyl halides is 7. The van der Waals surface area contributed by atoms with E-state index in [1.54, 1.807) is 6.08 Å². The lowest BCUT2D eigenvalue weighted by Crippen LogP contribution is -2.44. The van der Waals surface area contributed by atoms with Crippen LogP contribution in [0.4, 0.5) is 30.7 Å². The van der Waals surface area contributed by atoms with Crippen LogP contribution in [0.3, 0.4) is 0 Å². The van der Waals surface area contributed by atoms with Gasteiger partial charge in [0.05, 0.1) is 0 Å². The van der Waals surface area contributed by atoms with Crippen LogP contribution in [-0.2, 0) is 10.1 Å². The molecule has 0 fully saturated rings. The van der Waals surface area contributed by atoms with Crippen molar-refractivity contribution in [2.75, 3.05) is 6.54 Å². The Morgan fingerprint density at radius 1 is 0.952 bits per heavy atom. The number of hydrogen-bond donors (Lipinski definition) is 2. The second-order valence-corrected chi connectivity index (χ2v) is 4.98. The van der Waals surface area contributed by atoms with Crippen LogP contribution in [0.1, 0.15) is 0 Å². The van der Waals surface area contributed by atoms with Crippen molar-refractivity contribution in [2.24, 2.45) is 5.73 Å². The molecule has 0 radical (unpaired) electrons. The first-order valence-corrected chi connectivity index (χ1v) is 6.67. The number of rotatable bonds is 7. The van der Waals surface area contributed by atoms with Crippen LogP contribution in [0.5, 0.6) is 0 Å². The van der Waals surface area contributed by atoms with Crippen LogP contribution in [0.25, 0.3) is 0 Å². The van der Waals surface area contributed by atoms with Gasteiger partial charge in [-0.15, -0.1) is 6.58 Å². The summed E-state index contributed by atoms with van der Waals surface area (Å²) in [5, 5.41) is 0. The van der Waals surface area contributed by atoms with E-state index in [4.69, 9.17) is 10.3 Å². The monoisotopic (exact) mass is 349 g/mol. The van der Waals surface area contributed by atoms with Gasteiger partial charge in [-0.2, -0.15) is 8.42 Å². The van der Waals surface area contributed by atoms with Crippen molar-refractivity contribution in [2.45, 2.75) is 36.6 Å². The molecule has 0 aromatic carbocycles. The third kappa shape index (κ3) is 8.21. The van der Waals surface area contributed by atoms with Crippen molar-refractivity contribution in [3.63, 3.8) is 0 Å². The van der Waals surface area contributed by atoms with E-state index in [0.717, 1.165) is 0 Å². The summed E-state index contributed by atoms with van der Waals surface area (Å²) in [5.41, 5.74) is 1.02. The minimum atomic E-state index is -5.68. The second-order valence-electron chi connectivity index (χ2n) is 3.50. The third-order valence-electron chi connectivity index (χ3n) is 1.85. The smallest absolute Gasteiger partial charge is 0.300 e. The standard InChI is InChI=1S/C6H7F7O3S.C3H7N/c7-1(3(9)5(11)12)2(8)4(10)6(13)17(14,15)16;1-2-3-4/h1-6H,(H,14,15,16);2H,1,3-4H2. The highest BCUT2D eigenvalue weighted by Crippen LogP contribution is 2.25. The van der Waals surface area contributed by atoms with E-state index in [1.807, 2.05) is 0 Å². The Morgan fingerprint density at radius 3 is 1.52 bits per heavy atom. The lowest BCUT2D eigenvalue weighted by atomic mass is 10.1. The topological polar surface area (TPSA) is 80.4 Å². The van der Waals surface area contributed by atoms with Gasteiger partial charge in [-0.3, -0.25) is 4.55 Å². The first-order valence-electron chi connectivity index (χ1n) is 5.17. The van der Waals surface area contributed by atoms with E-state index < -0.39 is 46.7 Å².